The van der Waals surface area contributed by atoms with Crippen LogP contribution in [-0.4, -0.2) is 0 Å². The molecule has 2 heteroatoms. The molecule has 86 valence electrons. The molecule has 0 saturated carbocycles. The van der Waals surface area contributed by atoms with E-state index in [9.17, 15) is 10.5 Å². The predicted octanol–water partition coefficient (Wildman–Crippen LogP) is 3.35. The van der Waals surface area contributed by atoms with Crippen LogP contribution in [0, 0.1) is 34.0 Å². The van der Waals surface area contributed by atoms with Gasteiger partial charge in [0.1, 0.15) is 5.41 Å². The molecule has 0 radical (unpaired) electrons. The van der Waals surface area contributed by atoms with Crippen LogP contribution in [0.3, 0.4) is 0 Å². The van der Waals surface area contributed by atoms with Crippen LogP contribution in [0.4, 0.5) is 0 Å². The Bertz CT molecular complexity index is 644. The van der Waals surface area contributed by atoms with Crippen molar-refractivity contribution in [3.63, 3.8) is 0 Å². The van der Waals surface area contributed by atoms with Gasteiger partial charge in [0, 0.05) is 5.92 Å². The number of hydrogen-bond donors (Lipinski definition) is 0. The molecular formula is C16H12N2. The van der Waals surface area contributed by atoms with Crippen molar-refractivity contribution in [3.05, 3.63) is 59.3 Å². The quantitative estimate of drug-likeness (QED) is 0.651. The molecular weight excluding hydrogens is 220 g/mol. The fraction of sp³-hybridized carbons (Fsp3) is 0.250. The molecule has 3 rings (SSSR count). The molecule has 3 aliphatic rings. The van der Waals surface area contributed by atoms with E-state index in [0.29, 0.717) is 5.57 Å². The highest BCUT2D eigenvalue weighted by molar-refractivity contribution is 5.67. The summed E-state index contributed by atoms with van der Waals surface area (Å²) in [6.45, 7) is 3.87. The molecule has 0 N–H and O–H groups in total. The number of nitrogens with zero attached hydrogens (tertiary/aromatic N) is 2. The Labute approximate surface area is 107 Å². The third-order valence-electron chi connectivity index (χ3n) is 4.13. The minimum atomic E-state index is -0.600. The van der Waals surface area contributed by atoms with Gasteiger partial charge in [-0.2, -0.15) is 10.5 Å². The summed E-state index contributed by atoms with van der Waals surface area (Å²) in [5, 5.41) is 18.8. The lowest BCUT2D eigenvalue weighted by atomic mass is 9.68. The second kappa shape index (κ2) is 3.59. The van der Waals surface area contributed by atoms with Crippen LogP contribution in [0.25, 0.3) is 0 Å². The van der Waals surface area contributed by atoms with Crippen molar-refractivity contribution in [2.45, 2.75) is 12.8 Å². The predicted molar refractivity (Wildman–Crippen MR) is 68.9 cm³/mol. The lowest BCUT2D eigenvalue weighted by Gasteiger charge is -2.31. The smallest absolute Gasteiger partial charge is 0.108 e. The van der Waals surface area contributed by atoms with Crippen molar-refractivity contribution in [3.8, 4) is 12.1 Å². The van der Waals surface area contributed by atoms with Gasteiger partial charge in [-0.25, -0.2) is 0 Å². The molecule has 0 amide bonds. The SMILES string of the molecule is C=C[C@@H]1CC2=C3C(=C(C#N)C=C[C@@]31C#N)C=CC2. The highest BCUT2D eigenvalue weighted by atomic mass is 14.5. The number of hydrogen-bond acceptors (Lipinski definition) is 2. The minimum Gasteiger partial charge on any atom is -0.197 e. The lowest BCUT2D eigenvalue weighted by Crippen LogP contribution is -2.26. The van der Waals surface area contributed by atoms with E-state index in [0.717, 1.165) is 24.0 Å². The van der Waals surface area contributed by atoms with Crippen LogP contribution in [0.1, 0.15) is 12.8 Å². The second-order valence-corrected chi connectivity index (χ2v) is 4.88. The first-order chi connectivity index (χ1) is 8.76. The van der Waals surface area contributed by atoms with Crippen LogP contribution < -0.4 is 0 Å². The summed E-state index contributed by atoms with van der Waals surface area (Å²) >= 11 is 0. The Morgan fingerprint density at radius 3 is 2.89 bits per heavy atom. The Kier molecular flexibility index (Phi) is 2.15. The summed E-state index contributed by atoms with van der Waals surface area (Å²) in [6, 6.07) is 4.68. The molecule has 0 spiro atoms. The van der Waals surface area contributed by atoms with Gasteiger partial charge < -0.3 is 0 Å². The van der Waals surface area contributed by atoms with Crippen LogP contribution >= 0.6 is 0 Å². The van der Waals surface area contributed by atoms with Gasteiger partial charge in [-0.1, -0.05) is 29.9 Å². The zero-order valence-corrected chi connectivity index (χ0v) is 9.98. The molecule has 0 aliphatic heterocycles. The van der Waals surface area contributed by atoms with E-state index in [1.807, 2.05) is 18.2 Å². The molecule has 2 nitrogen and oxygen atoms in total. The van der Waals surface area contributed by atoms with Crippen LogP contribution in [0.5, 0.6) is 0 Å². The fourth-order valence-corrected chi connectivity index (χ4v) is 3.29. The zero-order valence-electron chi connectivity index (χ0n) is 9.98. The standard InChI is InChI=1S/C16H12N2/c1-2-13-8-11-4-3-5-14-12(9-17)6-7-16(13,10-18)15(11)14/h2-3,5-7,13H,1,4,8H2/t13-,16+/m1/s1. The summed E-state index contributed by atoms with van der Waals surface area (Å²) < 4.78 is 0. The van der Waals surface area contributed by atoms with Crippen LogP contribution in [0.15, 0.2) is 59.3 Å². The van der Waals surface area contributed by atoms with Gasteiger partial charge in [-0.3, -0.25) is 0 Å². The lowest BCUT2D eigenvalue weighted by molar-refractivity contribution is 0.472. The zero-order chi connectivity index (χ0) is 12.8. The summed E-state index contributed by atoms with van der Waals surface area (Å²) in [5.41, 5.74) is 3.35. The summed E-state index contributed by atoms with van der Waals surface area (Å²) in [7, 11) is 0. The van der Waals surface area contributed by atoms with Gasteiger partial charge in [0.15, 0.2) is 0 Å². The van der Waals surface area contributed by atoms with Crippen molar-refractivity contribution in [2.75, 3.05) is 0 Å². The van der Waals surface area contributed by atoms with E-state index in [1.165, 1.54) is 5.57 Å². The maximum atomic E-state index is 9.65. The molecule has 0 bridgehead atoms. The third-order valence-corrected chi connectivity index (χ3v) is 4.13. The average molecular weight is 232 g/mol. The van der Waals surface area contributed by atoms with E-state index in [-0.39, 0.29) is 5.92 Å². The molecule has 0 aromatic heterocycles. The van der Waals surface area contributed by atoms with Gasteiger partial charge in [0.05, 0.1) is 17.7 Å². The fourth-order valence-electron chi connectivity index (χ4n) is 3.29. The van der Waals surface area contributed by atoms with Crippen LogP contribution in [-0.2, 0) is 0 Å². The third kappa shape index (κ3) is 1.10. The Balaban J connectivity index is 2.29. The molecule has 0 unspecified atom stereocenters. The largest absolute Gasteiger partial charge is 0.197 e. The minimum absolute atomic E-state index is 0.124. The number of rotatable bonds is 1. The highest BCUT2D eigenvalue weighted by Gasteiger charge is 2.49. The van der Waals surface area contributed by atoms with Gasteiger partial charge in [-0.15, -0.1) is 6.58 Å². The van der Waals surface area contributed by atoms with Crippen molar-refractivity contribution in [1.82, 2.24) is 0 Å². The summed E-state index contributed by atoms with van der Waals surface area (Å²) in [5.74, 6) is 0.124. The van der Waals surface area contributed by atoms with Crippen molar-refractivity contribution >= 4 is 0 Å². The van der Waals surface area contributed by atoms with Crippen molar-refractivity contribution < 1.29 is 0 Å². The summed E-state index contributed by atoms with van der Waals surface area (Å²) in [6.07, 6.45) is 11.4. The highest BCUT2D eigenvalue weighted by Crippen LogP contribution is 2.56. The Morgan fingerprint density at radius 2 is 2.22 bits per heavy atom. The van der Waals surface area contributed by atoms with Gasteiger partial charge in [0.25, 0.3) is 0 Å². The van der Waals surface area contributed by atoms with E-state index in [1.54, 1.807) is 6.08 Å². The van der Waals surface area contributed by atoms with E-state index in [2.05, 4.69) is 24.8 Å². The molecule has 0 aromatic carbocycles. The Hall–Kier alpha value is -2.32. The molecule has 3 aliphatic carbocycles. The molecule has 0 fully saturated rings. The summed E-state index contributed by atoms with van der Waals surface area (Å²) in [4.78, 5) is 0. The van der Waals surface area contributed by atoms with Gasteiger partial charge in [-0.05, 0) is 30.1 Å². The first kappa shape index (κ1) is 10.8. The molecule has 0 saturated heterocycles. The van der Waals surface area contributed by atoms with Crippen molar-refractivity contribution in [2.24, 2.45) is 11.3 Å². The van der Waals surface area contributed by atoms with Gasteiger partial charge >= 0.3 is 0 Å². The van der Waals surface area contributed by atoms with Crippen molar-refractivity contribution in [1.29, 1.82) is 10.5 Å². The van der Waals surface area contributed by atoms with Crippen LogP contribution in [0.2, 0.25) is 0 Å². The average Bonchev–Trinajstić information content (AvgIpc) is 2.76. The second-order valence-electron chi connectivity index (χ2n) is 4.88. The normalized spacial score (nSPS) is 32.0. The van der Waals surface area contributed by atoms with E-state index >= 15 is 0 Å². The number of nitriles is 2. The maximum Gasteiger partial charge on any atom is 0.108 e. The number of allylic oxidation sites excluding steroid dienone is 9. The molecule has 2 atom stereocenters. The first-order valence-electron chi connectivity index (χ1n) is 6.03. The molecule has 18 heavy (non-hydrogen) atoms. The molecule has 0 heterocycles. The maximum absolute atomic E-state index is 9.65. The van der Waals surface area contributed by atoms with E-state index < -0.39 is 5.41 Å². The topological polar surface area (TPSA) is 47.6 Å². The monoisotopic (exact) mass is 232 g/mol. The van der Waals surface area contributed by atoms with Gasteiger partial charge in [0.2, 0.25) is 0 Å². The Morgan fingerprint density at radius 1 is 1.39 bits per heavy atom. The molecule has 0 aromatic rings. The first-order valence-corrected chi connectivity index (χ1v) is 6.03. The van der Waals surface area contributed by atoms with E-state index in [4.69, 9.17) is 0 Å².